The second-order valence-electron chi connectivity index (χ2n) is 8.91. The summed E-state index contributed by atoms with van der Waals surface area (Å²) in [6, 6.07) is 43.1. The van der Waals surface area contributed by atoms with Crippen LogP contribution in [0, 0.1) is 13.8 Å². The van der Waals surface area contributed by atoms with Gasteiger partial charge in [-0.05, 0) is 11.1 Å². The van der Waals surface area contributed by atoms with Crippen LogP contribution in [0.5, 0.6) is 0 Å². The van der Waals surface area contributed by atoms with E-state index in [0.717, 1.165) is 9.52 Å². The summed E-state index contributed by atoms with van der Waals surface area (Å²) >= 11 is 0. The number of hydrogen-bond acceptors (Lipinski definition) is 0. The smallest absolute Gasteiger partial charge is 0.165 e. The summed E-state index contributed by atoms with van der Waals surface area (Å²) in [6.45, 7) is 8.60. The number of fused-ring (bicyclic) bond motifs is 2. The fourth-order valence-corrected chi connectivity index (χ4v) is 4.51. The van der Waals surface area contributed by atoms with Gasteiger partial charge >= 0.3 is 26.2 Å². The van der Waals surface area contributed by atoms with Crippen LogP contribution in [0.3, 0.4) is 0 Å². The standard InChI is InChI=1S/2C16H13.C2H6Si.Zr/c2*1-12-10-14-8-5-9-15(16(14)11-12)13-6-3-2-4-7-13;1-3-2;/h2*2-11H,1H3;1-2H3;/q2*-1;;+2. The van der Waals surface area contributed by atoms with Crippen LogP contribution in [-0.2, 0) is 26.2 Å². The first-order chi connectivity index (χ1) is 17.1. The molecule has 6 rings (SSSR count). The van der Waals surface area contributed by atoms with Crippen molar-refractivity contribution in [2.45, 2.75) is 26.9 Å². The minimum Gasteiger partial charge on any atom is -0.165 e. The Morgan fingerprint density at radius 3 is 1.22 bits per heavy atom. The van der Waals surface area contributed by atoms with Gasteiger partial charge in [-0.25, -0.2) is 0 Å². The Kier molecular flexibility index (Phi) is 10.4. The molecule has 0 fully saturated rings. The van der Waals surface area contributed by atoms with E-state index >= 15 is 0 Å². The zero-order valence-corrected chi connectivity index (χ0v) is 25.0. The summed E-state index contributed by atoms with van der Waals surface area (Å²) in [5.41, 5.74) is 7.89. The van der Waals surface area contributed by atoms with E-state index in [9.17, 15) is 0 Å². The molecule has 0 unspecified atom stereocenters. The fraction of sp³-hybridized carbons (Fsp3) is 0.118. The van der Waals surface area contributed by atoms with Gasteiger partial charge in [-0.1, -0.05) is 111 Å². The summed E-state index contributed by atoms with van der Waals surface area (Å²) in [4.78, 5) is 0. The third-order valence-electron chi connectivity index (χ3n) is 5.96. The van der Waals surface area contributed by atoms with E-state index in [1.807, 2.05) is 0 Å². The van der Waals surface area contributed by atoms with Crippen LogP contribution in [0.1, 0.15) is 11.1 Å². The maximum Gasteiger partial charge on any atom is 2.00 e. The molecule has 0 aliphatic heterocycles. The van der Waals surface area contributed by atoms with Crippen molar-refractivity contribution in [3.63, 3.8) is 0 Å². The largest absolute Gasteiger partial charge is 2.00 e. The molecule has 0 aliphatic carbocycles. The third-order valence-corrected chi connectivity index (χ3v) is 5.96. The number of hydrogen-bond donors (Lipinski definition) is 0. The summed E-state index contributed by atoms with van der Waals surface area (Å²) in [6.07, 6.45) is 0. The van der Waals surface area contributed by atoms with Crippen molar-refractivity contribution in [2.24, 2.45) is 0 Å². The first-order valence-corrected chi connectivity index (χ1v) is 14.1. The summed E-state index contributed by atoms with van der Waals surface area (Å²) < 4.78 is 0. The molecule has 2 radical (unpaired) electrons. The molecule has 2 heteroatoms. The molecule has 0 aromatic heterocycles. The molecular weight excluding hydrogens is 528 g/mol. The van der Waals surface area contributed by atoms with Crippen molar-refractivity contribution >= 4 is 31.1 Å². The van der Waals surface area contributed by atoms with Crippen LogP contribution >= 0.6 is 0 Å². The van der Waals surface area contributed by atoms with Gasteiger partial charge in [0.25, 0.3) is 0 Å². The van der Waals surface area contributed by atoms with Crippen molar-refractivity contribution in [1.29, 1.82) is 0 Å². The summed E-state index contributed by atoms with van der Waals surface area (Å²) in [5.74, 6) is 0. The molecule has 0 spiro atoms. The van der Waals surface area contributed by atoms with E-state index in [2.05, 4.69) is 148 Å². The normalized spacial score (nSPS) is 10.1. The van der Waals surface area contributed by atoms with Crippen LogP contribution < -0.4 is 0 Å². The Morgan fingerprint density at radius 2 is 0.861 bits per heavy atom. The topological polar surface area (TPSA) is 0 Å². The average molecular weight is 560 g/mol. The van der Waals surface area contributed by atoms with Crippen molar-refractivity contribution in [2.75, 3.05) is 0 Å². The molecule has 0 atom stereocenters. The van der Waals surface area contributed by atoms with Gasteiger partial charge in [0.05, 0.1) is 0 Å². The minimum absolute atomic E-state index is 0. The van der Waals surface area contributed by atoms with Gasteiger partial charge in [-0.3, -0.25) is 0 Å². The summed E-state index contributed by atoms with van der Waals surface area (Å²) in [7, 11) is 1.08. The second kappa shape index (κ2) is 13.5. The van der Waals surface area contributed by atoms with Crippen LogP contribution in [0.2, 0.25) is 13.1 Å². The third kappa shape index (κ3) is 6.69. The molecule has 0 N–H and O–H groups in total. The molecule has 0 amide bonds. The molecule has 0 nitrogen and oxygen atoms in total. The number of aryl methyl sites for hydroxylation is 2. The van der Waals surface area contributed by atoms with E-state index in [0.29, 0.717) is 0 Å². The zero-order chi connectivity index (χ0) is 24.6. The Morgan fingerprint density at radius 1 is 0.500 bits per heavy atom. The van der Waals surface area contributed by atoms with Crippen molar-refractivity contribution in [1.82, 2.24) is 0 Å². The molecule has 0 bridgehead atoms. The van der Waals surface area contributed by atoms with Gasteiger partial charge in [0.2, 0.25) is 0 Å². The molecule has 176 valence electrons. The molecule has 0 heterocycles. The van der Waals surface area contributed by atoms with E-state index in [1.54, 1.807) is 0 Å². The van der Waals surface area contributed by atoms with Crippen LogP contribution in [0.15, 0.2) is 121 Å². The monoisotopic (exact) mass is 558 g/mol. The van der Waals surface area contributed by atoms with Crippen LogP contribution in [-0.4, -0.2) is 9.52 Å². The molecule has 36 heavy (non-hydrogen) atoms. The Hall–Kier alpha value is -2.80. The Bertz CT molecular complexity index is 1370. The van der Waals surface area contributed by atoms with Crippen molar-refractivity contribution < 1.29 is 26.2 Å². The van der Waals surface area contributed by atoms with E-state index in [-0.39, 0.29) is 26.2 Å². The van der Waals surface area contributed by atoms with Gasteiger partial charge < -0.3 is 0 Å². The first-order valence-electron chi connectivity index (χ1n) is 12.1. The first kappa shape index (κ1) is 27.8. The Balaban J connectivity index is 0.000000177. The Labute approximate surface area is 237 Å². The maximum atomic E-state index is 2.26. The quantitative estimate of drug-likeness (QED) is 0.146. The fourth-order valence-electron chi connectivity index (χ4n) is 4.51. The van der Waals surface area contributed by atoms with Crippen molar-refractivity contribution in [3.8, 4) is 22.3 Å². The van der Waals surface area contributed by atoms with Gasteiger partial charge in [-0.15, -0.1) is 69.1 Å². The number of benzene rings is 4. The second-order valence-corrected chi connectivity index (χ2v) is 9.91. The summed E-state index contributed by atoms with van der Waals surface area (Å²) in [5, 5.41) is 5.37. The van der Waals surface area contributed by atoms with Crippen LogP contribution in [0.25, 0.3) is 43.8 Å². The molecule has 0 saturated heterocycles. The predicted molar refractivity (Wildman–Crippen MR) is 157 cm³/mol. The molecule has 6 aromatic rings. The average Bonchev–Trinajstić information content (AvgIpc) is 3.46. The van der Waals surface area contributed by atoms with Gasteiger partial charge in [0.1, 0.15) is 0 Å². The minimum atomic E-state index is 0. The molecule has 6 aromatic carbocycles. The van der Waals surface area contributed by atoms with E-state index in [1.165, 1.54) is 54.9 Å². The molecule has 0 aliphatic rings. The van der Waals surface area contributed by atoms with E-state index < -0.39 is 0 Å². The zero-order valence-electron chi connectivity index (χ0n) is 21.5. The van der Waals surface area contributed by atoms with Crippen molar-refractivity contribution in [3.05, 3.63) is 132 Å². The SMILES string of the molecule is C[Si]C.Cc1cc2c(-c3ccccc3)cccc2[cH-]1.Cc1cc2c(-c3ccccc3)cccc2[cH-]1.[Zr+2]. The van der Waals surface area contributed by atoms with Crippen LogP contribution in [0.4, 0.5) is 0 Å². The predicted octanol–water partition coefficient (Wildman–Crippen LogP) is 9.85. The van der Waals surface area contributed by atoms with Gasteiger partial charge in [0.15, 0.2) is 0 Å². The van der Waals surface area contributed by atoms with E-state index in [4.69, 9.17) is 0 Å². The molecule has 0 saturated carbocycles. The van der Waals surface area contributed by atoms with Gasteiger partial charge in [-0.2, -0.15) is 12.1 Å². The molecular formula is C34H32SiZr. The number of rotatable bonds is 2. The maximum absolute atomic E-state index is 2.26. The van der Waals surface area contributed by atoms with Gasteiger partial charge in [0, 0.05) is 9.52 Å².